The van der Waals surface area contributed by atoms with Crippen LogP contribution in [0.3, 0.4) is 0 Å². The Balaban J connectivity index is 0.00000264. The zero-order valence-electron chi connectivity index (χ0n) is 15.4. The Morgan fingerprint density at radius 1 is 0.783 bits per heavy atom. The van der Waals surface area contributed by atoms with Crippen LogP contribution in [0, 0.1) is 0 Å². The first-order chi connectivity index (χ1) is 10.3. The average Bonchev–Trinajstić information content (AvgIpc) is 2.43. The van der Waals surface area contributed by atoms with E-state index in [0.717, 1.165) is 16.3 Å². The van der Waals surface area contributed by atoms with Gasteiger partial charge in [-0.15, -0.1) is 0 Å². The molecule has 2 aromatic carbocycles. The van der Waals surface area contributed by atoms with E-state index in [1.54, 1.807) is 0 Å². The second-order valence-electron chi connectivity index (χ2n) is 6.91. The average molecular weight is 320 g/mol. The van der Waals surface area contributed by atoms with Crippen LogP contribution in [0.4, 0.5) is 0 Å². The topological polar surface area (TPSA) is 40.1 Å². The van der Waals surface area contributed by atoms with Gasteiger partial charge in [0.05, 0.1) is 5.97 Å². The molecule has 2 rings (SSSR count). The molecule has 23 heavy (non-hydrogen) atoms. The molecule has 2 nitrogen and oxygen atoms in total. The van der Waals surface area contributed by atoms with Crippen LogP contribution in [-0.2, 0) is 0 Å². The molecule has 0 amide bonds. The summed E-state index contributed by atoms with van der Waals surface area (Å²) < 4.78 is 0. The Kier molecular flexibility index (Phi) is 6.88. The van der Waals surface area contributed by atoms with Gasteiger partial charge in [0.1, 0.15) is 0 Å². The number of carboxylic acids is 1. The molecule has 0 saturated heterocycles. The second kappa shape index (κ2) is 7.83. The third-order valence-corrected chi connectivity index (χ3v) is 4.27. The molecule has 0 aliphatic carbocycles. The number of carboxylic acid groups (broad SMARTS) is 1. The fraction of sp³-hybridized carbons (Fsp3) is 0.450. The van der Waals surface area contributed by atoms with Gasteiger partial charge in [-0.05, 0) is 45.2 Å². The van der Waals surface area contributed by atoms with Gasteiger partial charge in [0, 0.05) is 5.56 Å². The largest absolute Gasteiger partial charge is 1.00 e. The van der Waals surface area contributed by atoms with Gasteiger partial charge >= 0.3 is 29.6 Å². The number of carbonyl (C=O) groups excluding carboxylic acids is 1. The monoisotopic (exact) mass is 320 g/mol. The Morgan fingerprint density at radius 2 is 1.22 bits per heavy atom. The molecule has 0 unspecified atom stereocenters. The van der Waals surface area contributed by atoms with Gasteiger partial charge in [-0.1, -0.05) is 65.8 Å². The van der Waals surface area contributed by atoms with Crippen molar-refractivity contribution in [2.75, 3.05) is 0 Å². The summed E-state index contributed by atoms with van der Waals surface area (Å²) in [7, 11) is 0. The maximum absolute atomic E-state index is 11.9. The van der Waals surface area contributed by atoms with Crippen molar-refractivity contribution in [3.05, 3.63) is 46.5 Å². The number of carbonyl (C=O) groups is 1. The van der Waals surface area contributed by atoms with E-state index in [2.05, 4.69) is 41.5 Å². The number of benzene rings is 2. The predicted octanol–water partition coefficient (Wildman–Crippen LogP) is 1.58. The van der Waals surface area contributed by atoms with Crippen LogP contribution in [0.2, 0.25) is 0 Å². The minimum Gasteiger partial charge on any atom is -0.545 e. The molecule has 0 fully saturated rings. The molecular formula is C20H25NaO2. The van der Waals surface area contributed by atoms with Crippen molar-refractivity contribution in [1.29, 1.82) is 0 Å². The van der Waals surface area contributed by atoms with Gasteiger partial charge in [-0.3, -0.25) is 0 Å². The number of fused-ring (bicyclic) bond motifs is 1. The molecule has 0 atom stereocenters. The van der Waals surface area contributed by atoms with Crippen molar-refractivity contribution in [1.82, 2.24) is 0 Å². The summed E-state index contributed by atoms with van der Waals surface area (Å²) in [6.45, 7) is 12.8. The number of rotatable bonds is 4. The van der Waals surface area contributed by atoms with Crippen molar-refractivity contribution >= 4 is 16.7 Å². The van der Waals surface area contributed by atoms with E-state index in [4.69, 9.17) is 0 Å². The van der Waals surface area contributed by atoms with Crippen LogP contribution in [0.15, 0.2) is 24.3 Å². The Morgan fingerprint density at radius 3 is 1.61 bits per heavy atom. The Hall–Kier alpha value is -0.830. The minimum atomic E-state index is -1.07. The van der Waals surface area contributed by atoms with E-state index in [9.17, 15) is 9.90 Å². The minimum absolute atomic E-state index is 0. The van der Waals surface area contributed by atoms with Crippen LogP contribution in [0.1, 0.15) is 86.3 Å². The number of hydrogen-bond donors (Lipinski definition) is 0. The summed E-state index contributed by atoms with van der Waals surface area (Å²) in [5.41, 5.74) is 3.78. The van der Waals surface area contributed by atoms with E-state index < -0.39 is 5.97 Å². The SMILES string of the molecule is CC(C)c1c(C(C)C)c(C(C)C)c2ccccc2c1C(=O)[O-].[Na+]. The predicted molar refractivity (Wildman–Crippen MR) is 90.5 cm³/mol. The van der Waals surface area contributed by atoms with Crippen molar-refractivity contribution < 1.29 is 39.5 Å². The quantitative estimate of drug-likeness (QED) is 0.803. The third kappa shape index (κ3) is 3.65. The smallest absolute Gasteiger partial charge is 0.545 e. The van der Waals surface area contributed by atoms with E-state index in [1.807, 2.05) is 24.3 Å². The fourth-order valence-electron chi connectivity index (χ4n) is 3.57. The van der Waals surface area contributed by atoms with Crippen LogP contribution >= 0.6 is 0 Å². The first-order valence-electron chi connectivity index (χ1n) is 8.07. The zero-order chi connectivity index (χ0) is 16.6. The summed E-state index contributed by atoms with van der Waals surface area (Å²) in [5.74, 6) is -0.308. The van der Waals surface area contributed by atoms with Crippen molar-refractivity contribution in [3.8, 4) is 0 Å². The molecule has 0 bridgehead atoms. The Labute approximate surface area is 161 Å². The molecule has 0 N–H and O–H groups in total. The first kappa shape index (κ1) is 20.2. The van der Waals surface area contributed by atoms with Crippen LogP contribution < -0.4 is 34.7 Å². The van der Waals surface area contributed by atoms with E-state index in [-0.39, 0.29) is 41.4 Å². The van der Waals surface area contributed by atoms with Gasteiger partial charge in [0.15, 0.2) is 0 Å². The summed E-state index contributed by atoms with van der Waals surface area (Å²) in [6.07, 6.45) is 0. The van der Waals surface area contributed by atoms with E-state index >= 15 is 0 Å². The normalized spacial score (nSPS) is 11.3. The number of aromatic carboxylic acids is 1. The maximum atomic E-state index is 11.9. The van der Waals surface area contributed by atoms with Gasteiger partial charge in [0.25, 0.3) is 0 Å². The van der Waals surface area contributed by atoms with E-state index in [1.165, 1.54) is 11.1 Å². The molecule has 0 heterocycles. The van der Waals surface area contributed by atoms with Crippen molar-refractivity contribution in [2.45, 2.75) is 59.3 Å². The molecule has 0 aromatic heterocycles. The van der Waals surface area contributed by atoms with Crippen molar-refractivity contribution in [2.24, 2.45) is 0 Å². The maximum Gasteiger partial charge on any atom is 1.00 e. The Bertz CT molecular complexity index is 715. The molecule has 2 aromatic rings. The van der Waals surface area contributed by atoms with Gasteiger partial charge in [-0.2, -0.15) is 0 Å². The molecule has 118 valence electrons. The standard InChI is InChI=1S/C20H26O2.Na/c1-11(2)16-14-9-7-8-10-15(14)19(20(21)22)18(13(5)6)17(16)12(3)4;/h7-13H,1-6H3,(H,21,22);/q;+1/p-1. The zero-order valence-corrected chi connectivity index (χ0v) is 17.4. The molecule has 3 heteroatoms. The van der Waals surface area contributed by atoms with Gasteiger partial charge < -0.3 is 9.90 Å². The van der Waals surface area contributed by atoms with E-state index in [0.29, 0.717) is 11.5 Å². The molecule has 0 spiro atoms. The van der Waals surface area contributed by atoms with Gasteiger partial charge in [0.2, 0.25) is 0 Å². The first-order valence-corrected chi connectivity index (χ1v) is 8.07. The van der Waals surface area contributed by atoms with Crippen LogP contribution in [-0.4, -0.2) is 5.97 Å². The van der Waals surface area contributed by atoms with Crippen LogP contribution in [0.25, 0.3) is 10.8 Å². The second-order valence-corrected chi connectivity index (χ2v) is 6.91. The molecular weight excluding hydrogens is 295 g/mol. The summed E-state index contributed by atoms with van der Waals surface area (Å²) >= 11 is 0. The van der Waals surface area contributed by atoms with Crippen molar-refractivity contribution in [3.63, 3.8) is 0 Å². The summed E-state index contributed by atoms with van der Waals surface area (Å²) in [5, 5.41) is 13.7. The number of hydrogen-bond acceptors (Lipinski definition) is 2. The third-order valence-electron chi connectivity index (χ3n) is 4.27. The molecule has 0 radical (unpaired) electrons. The molecule has 0 saturated carbocycles. The summed E-state index contributed by atoms with van der Waals surface area (Å²) in [4.78, 5) is 11.9. The molecule has 0 aliphatic heterocycles. The summed E-state index contributed by atoms with van der Waals surface area (Å²) in [6, 6.07) is 7.82. The van der Waals surface area contributed by atoms with Crippen LogP contribution in [0.5, 0.6) is 0 Å². The molecule has 0 aliphatic rings. The fourth-order valence-corrected chi connectivity index (χ4v) is 3.57. The van der Waals surface area contributed by atoms with Gasteiger partial charge in [-0.25, -0.2) is 0 Å².